The molecular formula is C20H27P. The van der Waals surface area contributed by atoms with Crippen LogP contribution in [0.25, 0.3) is 0 Å². The van der Waals surface area contributed by atoms with Crippen molar-refractivity contribution in [3.05, 3.63) is 69.8 Å². The van der Waals surface area contributed by atoms with Gasteiger partial charge in [-0.25, -0.2) is 0 Å². The fraction of sp³-hybridized carbons (Fsp3) is 0.400. The third-order valence-corrected chi connectivity index (χ3v) is 4.74. The molecule has 0 saturated heterocycles. The third-order valence-electron chi connectivity index (χ3n) is 4.41. The van der Waals surface area contributed by atoms with E-state index in [1.165, 1.54) is 33.4 Å². The summed E-state index contributed by atoms with van der Waals surface area (Å²) in [6.45, 7) is 13.6. The molecule has 0 amide bonds. The molecule has 2 aromatic rings. The number of hydrogen-bond donors (Lipinski definition) is 0. The number of rotatable bonds is 3. The van der Waals surface area contributed by atoms with Gasteiger partial charge in [-0.15, -0.1) is 9.24 Å². The highest BCUT2D eigenvalue weighted by Crippen LogP contribution is 2.45. The standard InChI is InChI=1S/C20H27P/c1-13-9-7-10-14(2)17(13)19(20(5,6)21)18-15(3)11-8-12-16(18)4/h7-12,19H,21H2,1-6H3. The summed E-state index contributed by atoms with van der Waals surface area (Å²) < 4.78 is 0. The highest BCUT2D eigenvalue weighted by Gasteiger charge is 2.32. The molecule has 1 atom stereocenters. The van der Waals surface area contributed by atoms with Crippen molar-refractivity contribution in [3.8, 4) is 0 Å². The second kappa shape index (κ2) is 5.93. The van der Waals surface area contributed by atoms with Crippen molar-refractivity contribution in [2.24, 2.45) is 0 Å². The normalized spacial score (nSPS) is 12.0. The van der Waals surface area contributed by atoms with E-state index in [4.69, 9.17) is 0 Å². The van der Waals surface area contributed by atoms with Gasteiger partial charge in [-0.05, 0) is 66.2 Å². The van der Waals surface area contributed by atoms with Gasteiger partial charge >= 0.3 is 0 Å². The van der Waals surface area contributed by atoms with E-state index in [0.29, 0.717) is 5.92 Å². The number of hydrogen-bond acceptors (Lipinski definition) is 0. The molecule has 0 nitrogen and oxygen atoms in total. The van der Waals surface area contributed by atoms with Gasteiger partial charge in [0.1, 0.15) is 0 Å². The first kappa shape index (κ1) is 16.2. The molecule has 1 unspecified atom stereocenters. The molecule has 0 aliphatic rings. The Bertz CT molecular complexity index is 555. The maximum atomic E-state index is 3.07. The summed E-state index contributed by atoms with van der Waals surface area (Å²) in [5.74, 6) is 0.393. The summed E-state index contributed by atoms with van der Waals surface area (Å²) in [7, 11) is 3.07. The van der Waals surface area contributed by atoms with Gasteiger partial charge in [0.25, 0.3) is 0 Å². The number of aryl methyl sites for hydroxylation is 4. The molecule has 0 N–H and O–H groups in total. The minimum Gasteiger partial charge on any atom is -0.131 e. The lowest BCUT2D eigenvalue weighted by atomic mass is 9.75. The first-order valence-electron chi connectivity index (χ1n) is 7.64. The third kappa shape index (κ3) is 3.22. The summed E-state index contributed by atoms with van der Waals surface area (Å²) in [6, 6.07) is 13.3. The molecule has 2 aromatic carbocycles. The van der Waals surface area contributed by atoms with Gasteiger partial charge in [0.05, 0.1) is 0 Å². The zero-order chi connectivity index (χ0) is 15.8. The molecule has 0 aliphatic carbocycles. The maximum Gasteiger partial charge on any atom is 0.0185 e. The Labute approximate surface area is 132 Å². The van der Waals surface area contributed by atoms with Crippen LogP contribution in [-0.2, 0) is 0 Å². The molecule has 0 heterocycles. The number of benzene rings is 2. The van der Waals surface area contributed by atoms with Crippen LogP contribution in [0.2, 0.25) is 0 Å². The van der Waals surface area contributed by atoms with Gasteiger partial charge in [-0.3, -0.25) is 0 Å². The van der Waals surface area contributed by atoms with Crippen LogP contribution in [0.5, 0.6) is 0 Å². The first-order chi connectivity index (χ1) is 9.73. The first-order valence-corrected chi connectivity index (χ1v) is 8.22. The predicted molar refractivity (Wildman–Crippen MR) is 97.5 cm³/mol. The van der Waals surface area contributed by atoms with Crippen LogP contribution in [0.15, 0.2) is 36.4 Å². The van der Waals surface area contributed by atoms with Crippen molar-refractivity contribution in [2.45, 2.75) is 52.6 Å². The summed E-state index contributed by atoms with van der Waals surface area (Å²) in [5, 5.41) is 0.105. The van der Waals surface area contributed by atoms with Crippen molar-refractivity contribution in [3.63, 3.8) is 0 Å². The van der Waals surface area contributed by atoms with Gasteiger partial charge in [0, 0.05) is 5.92 Å². The quantitative estimate of drug-likeness (QED) is 0.637. The van der Waals surface area contributed by atoms with Crippen LogP contribution >= 0.6 is 9.24 Å². The Hall–Kier alpha value is -1.13. The molecule has 112 valence electrons. The minimum absolute atomic E-state index is 0.105. The van der Waals surface area contributed by atoms with E-state index in [-0.39, 0.29) is 5.16 Å². The van der Waals surface area contributed by atoms with Gasteiger partial charge < -0.3 is 0 Å². The Morgan fingerprint density at radius 1 is 0.714 bits per heavy atom. The largest absolute Gasteiger partial charge is 0.131 e. The van der Waals surface area contributed by atoms with Crippen LogP contribution < -0.4 is 0 Å². The van der Waals surface area contributed by atoms with E-state index in [2.05, 4.69) is 87.2 Å². The molecule has 0 radical (unpaired) electrons. The zero-order valence-corrected chi connectivity index (χ0v) is 15.3. The van der Waals surface area contributed by atoms with Crippen LogP contribution in [-0.4, -0.2) is 5.16 Å². The summed E-state index contributed by atoms with van der Waals surface area (Å²) in [4.78, 5) is 0. The lowest BCUT2D eigenvalue weighted by molar-refractivity contribution is 0.606. The second-order valence-corrected chi connectivity index (χ2v) is 8.35. The van der Waals surface area contributed by atoms with Crippen molar-refractivity contribution < 1.29 is 0 Å². The summed E-state index contributed by atoms with van der Waals surface area (Å²) >= 11 is 0. The lowest BCUT2D eigenvalue weighted by Crippen LogP contribution is -2.26. The average Bonchev–Trinajstić information content (AvgIpc) is 2.35. The molecule has 1 heteroatoms. The Balaban J connectivity index is 2.78. The lowest BCUT2D eigenvalue weighted by Gasteiger charge is -2.35. The molecule has 21 heavy (non-hydrogen) atoms. The van der Waals surface area contributed by atoms with E-state index in [0.717, 1.165) is 0 Å². The van der Waals surface area contributed by atoms with Gasteiger partial charge in [0.2, 0.25) is 0 Å². The highest BCUT2D eigenvalue weighted by atomic mass is 31.0. The Kier molecular flexibility index (Phi) is 4.59. The highest BCUT2D eigenvalue weighted by molar-refractivity contribution is 7.19. The van der Waals surface area contributed by atoms with Crippen LogP contribution in [0.4, 0.5) is 0 Å². The van der Waals surface area contributed by atoms with Crippen molar-refractivity contribution in [1.82, 2.24) is 0 Å². The van der Waals surface area contributed by atoms with Gasteiger partial charge in [0.15, 0.2) is 0 Å². The molecule has 0 aliphatic heterocycles. The van der Waals surface area contributed by atoms with E-state index in [1.54, 1.807) is 0 Å². The maximum absolute atomic E-state index is 3.07. The monoisotopic (exact) mass is 298 g/mol. The summed E-state index contributed by atoms with van der Waals surface area (Å²) in [5.41, 5.74) is 8.51. The fourth-order valence-corrected chi connectivity index (χ4v) is 3.79. The second-order valence-electron chi connectivity index (χ2n) is 6.87. The van der Waals surface area contributed by atoms with Crippen LogP contribution in [0.3, 0.4) is 0 Å². The van der Waals surface area contributed by atoms with E-state index >= 15 is 0 Å². The predicted octanol–water partition coefficient (Wildman–Crippen LogP) is 5.71. The molecular weight excluding hydrogens is 271 g/mol. The molecule has 0 bridgehead atoms. The van der Waals surface area contributed by atoms with Crippen molar-refractivity contribution >= 4 is 9.24 Å². The molecule has 0 fully saturated rings. The van der Waals surface area contributed by atoms with Crippen LogP contribution in [0, 0.1) is 27.7 Å². The van der Waals surface area contributed by atoms with E-state index in [9.17, 15) is 0 Å². The average molecular weight is 298 g/mol. The van der Waals surface area contributed by atoms with Gasteiger partial charge in [-0.2, -0.15) is 0 Å². The summed E-state index contributed by atoms with van der Waals surface area (Å²) in [6.07, 6.45) is 0. The molecule has 0 saturated carbocycles. The van der Waals surface area contributed by atoms with E-state index < -0.39 is 0 Å². The van der Waals surface area contributed by atoms with E-state index in [1.807, 2.05) is 0 Å². The fourth-order valence-electron chi connectivity index (χ4n) is 3.45. The molecule has 0 spiro atoms. The molecule has 0 aromatic heterocycles. The van der Waals surface area contributed by atoms with Crippen molar-refractivity contribution in [1.29, 1.82) is 0 Å². The molecule has 2 rings (SSSR count). The Morgan fingerprint density at radius 3 is 1.24 bits per heavy atom. The van der Waals surface area contributed by atoms with Gasteiger partial charge in [-0.1, -0.05) is 50.2 Å². The minimum atomic E-state index is 0.105. The topological polar surface area (TPSA) is 0 Å². The SMILES string of the molecule is Cc1cccc(C)c1C(c1c(C)cccc1C)C(C)(C)P. The van der Waals surface area contributed by atoms with Crippen molar-refractivity contribution in [2.75, 3.05) is 0 Å². The Morgan fingerprint density at radius 2 is 1.00 bits per heavy atom. The van der Waals surface area contributed by atoms with Crippen LogP contribution in [0.1, 0.15) is 53.1 Å². The smallest absolute Gasteiger partial charge is 0.0185 e. The zero-order valence-electron chi connectivity index (χ0n) is 14.1.